The number of hydrogen-bond donors (Lipinski definition) is 1. The Balaban J connectivity index is 1.75. The monoisotopic (exact) mass is 367 g/mol. The minimum atomic E-state index is -1.19. The van der Waals surface area contributed by atoms with E-state index in [4.69, 9.17) is 4.74 Å². The molecule has 1 aliphatic heterocycles. The van der Waals surface area contributed by atoms with Crippen molar-refractivity contribution in [3.8, 4) is 0 Å². The molecule has 1 N–H and O–H groups in total. The van der Waals surface area contributed by atoms with Crippen LogP contribution < -0.4 is 5.32 Å². The lowest BCUT2D eigenvalue weighted by atomic mass is 9.59. The first-order chi connectivity index (χ1) is 12.2. The van der Waals surface area contributed by atoms with Crippen molar-refractivity contribution in [2.24, 2.45) is 22.7 Å². The van der Waals surface area contributed by atoms with Crippen molar-refractivity contribution in [1.29, 1.82) is 0 Å². The van der Waals surface area contributed by atoms with Crippen LogP contribution in [0.4, 0.5) is 13.2 Å². The molecule has 1 saturated heterocycles. The number of hydrogen-bond acceptors (Lipinski definition) is 2. The van der Waals surface area contributed by atoms with E-state index in [1.807, 2.05) is 0 Å². The minimum Gasteiger partial charge on any atom is -0.373 e. The van der Waals surface area contributed by atoms with Gasteiger partial charge in [-0.05, 0) is 48.0 Å². The maximum atomic E-state index is 14.4. The summed E-state index contributed by atoms with van der Waals surface area (Å²) in [6.45, 7) is 6.27. The number of ether oxygens (including phenoxy) is 1. The molecule has 6 heteroatoms. The summed E-state index contributed by atoms with van der Waals surface area (Å²) in [6, 6.07) is 1.49. The van der Waals surface area contributed by atoms with Gasteiger partial charge in [0.1, 0.15) is 5.82 Å². The molecule has 3 aliphatic rings. The third-order valence-electron chi connectivity index (χ3n) is 7.20. The summed E-state index contributed by atoms with van der Waals surface area (Å²) in [5.41, 5.74) is -0.170. The highest BCUT2D eigenvalue weighted by atomic mass is 19.2. The fourth-order valence-electron chi connectivity index (χ4n) is 6.05. The second-order valence-corrected chi connectivity index (χ2v) is 8.76. The van der Waals surface area contributed by atoms with Crippen molar-refractivity contribution in [3.05, 3.63) is 35.1 Å². The predicted molar refractivity (Wildman–Crippen MR) is 89.7 cm³/mol. The third kappa shape index (κ3) is 2.34. The molecule has 26 heavy (non-hydrogen) atoms. The number of carbonyl (C=O) groups excluding carboxylic acids is 1. The SMILES string of the molecule is CC(=O)N[C@H]1C(C)(C)[C@@H]2C[C@@H]3[C@@H](c4cc(F)c(F)cc4F)OCC[C@@]31C2. The van der Waals surface area contributed by atoms with Crippen LogP contribution in [0.1, 0.15) is 51.7 Å². The minimum absolute atomic E-state index is 0.0227. The van der Waals surface area contributed by atoms with Crippen LogP contribution in [0.3, 0.4) is 0 Å². The molecule has 1 aromatic carbocycles. The number of amides is 1. The summed E-state index contributed by atoms with van der Waals surface area (Å²) in [4.78, 5) is 11.8. The van der Waals surface area contributed by atoms with Gasteiger partial charge in [0.2, 0.25) is 5.91 Å². The van der Waals surface area contributed by atoms with Gasteiger partial charge in [-0.2, -0.15) is 0 Å². The molecule has 2 bridgehead atoms. The standard InChI is InChI=1S/C20H24F3NO2/c1-10(25)24-18-19(2,3)11-6-13-17(26-5-4-20(13,18)9-11)12-7-15(22)16(23)8-14(12)21/h7-8,11,13,17-18H,4-6,9H2,1-3H3,(H,24,25)/t11-,13-,17-,18+,20-/m1/s1. The maximum absolute atomic E-state index is 14.4. The van der Waals surface area contributed by atoms with Crippen LogP contribution in [-0.4, -0.2) is 18.6 Å². The van der Waals surface area contributed by atoms with Gasteiger partial charge in [0.15, 0.2) is 11.6 Å². The van der Waals surface area contributed by atoms with Gasteiger partial charge in [0.25, 0.3) is 0 Å². The van der Waals surface area contributed by atoms with E-state index in [-0.39, 0.29) is 34.3 Å². The predicted octanol–water partition coefficient (Wildman–Crippen LogP) is 4.12. The molecule has 1 aromatic rings. The van der Waals surface area contributed by atoms with Gasteiger partial charge in [0, 0.05) is 31.2 Å². The molecule has 0 unspecified atom stereocenters. The molecule has 3 nitrogen and oxygen atoms in total. The Kier molecular flexibility index (Phi) is 3.92. The van der Waals surface area contributed by atoms with Crippen LogP contribution in [0.5, 0.6) is 0 Å². The van der Waals surface area contributed by atoms with E-state index in [2.05, 4.69) is 19.2 Å². The normalized spacial score (nSPS) is 37.5. The summed E-state index contributed by atoms with van der Waals surface area (Å²) in [7, 11) is 0. The van der Waals surface area contributed by atoms with Crippen LogP contribution >= 0.6 is 0 Å². The molecule has 2 aliphatic carbocycles. The lowest BCUT2D eigenvalue weighted by Gasteiger charge is -2.53. The molecular weight excluding hydrogens is 343 g/mol. The fraction of sp³-hybridized carbons (Fsp3) is 0.650. The molecule has 3 fully saturated rings. The molecule has 0 aromatic heterocycles. The van der Waals surface area contributed by atoms with Crippen molar-refractivity contribution >= 4 is 5.91 Å². The van der Waals surface area contributed by atoms with Crippen LogP contribution in [0.2, 0.25) is 0 Å². The zero-order valence-corrected chi connectivity index (χ0v) is 15.2. The lowest BCUT2D eigenvalue weighted by Crippen LogP contribution is -2.58. The second-order valence-electron chi connectivity index (χ2n) is 8.76. The first kappa shape index (κ1) is 17.8. The van der Waals surface area contributed by atoms with Gasteiger partial charge < -0.3 is 10.1 Å². The van der Waals surface area contributed by atoms with Crippen LogP contribution in [0.25, 0.3) is 0 Å². The lowest BCUT2D eigenvalue weighted by molar-refractivity contribution is -0.136. The molecule has 4 rings (SSSR count). The van der Waals surface area contributed by atoms with Crippen LogP contribution in [0.15, 0.2) is 12.1 Å². The molecule has 1 amide bonds. The zero-order chi connectivity index (χ0) is 18.9. The quantitative estimate of drug-likeness (QED) is 0.799. The summed E-state index contributed by atoms with van der Waals surface area (Å²) in [5, 5.41) is 3.14. The average Bonchev–Trinajstić information content (AvgIpc) is 3.04. The number of carbonyl (C=O) groups is 1. The van der Waals surface area contributed by atoms with Crippen molar-refractivity contribution in [1.82, 2.24) is 5.32 Å². The van der Waals surface area contributed by atoms with Crippen molar-refractivity contribution in [3.63, 3.8) is 0 Å². The maximum Gasteiger partial charge on any atom is 0.217 e. The van der Waals surface area contributed by atoms with Crippen LogP contribution in [-0.2, 0) is 9.53 Å². The molecule has 2 saturated carbocycles. The van der Waals surface area contributed by atoms with Gasteiger partial charge in [-0.1, -0.05) is 13.8 Å². The topological polar surface area (TPSA) is 38.3 Å². The van der Waals surface area contributed by atoms with Gasteiger partial charge in [-0.3, -0.25) is 4.79 Å². The molecular formula is C20H24F3NO2. The molecule has 1 spiro atoms. The highest BCUT2D eigenvalue weighted by Crippen LogP contribution is 2.70. The molecule has 5 atom stereocenters. The number of rotatable bonds is 2. The van der Waals surface area contributed by atoms with Crippen molar-refractivity contribution in [2.45, 2.75) is 52.2 Å². The zero-order valence-electron chi connectivity index (χ0n) is 15.2. The van der Waals surface area contributed by atoms with Crippen LogP contribution in [0, 0.1) is 40.1 Å². The summed E-state index contributed by atoms with van der Waals surface area (Å²) in [5.74, 6) is -2.75. The Morgan fingerprint density at radius 1 is 1.19 bits per heavy atom. The Bertz CT molecular complexity index is 766. The molecule has 142 valence electrons. The second kappa shape index (κ2) is 5.72. The van der Waals surface area contributed by atoms with Gasteiger partial charge in [-0.25, -0.2) is 13.2 Å². The van der Waals surface area contributed by atoms with E-state index in [1.165, 1.54) is 6.92 Å². The Hall–Kier alpha value is -1.56. The first-order valence-corrected chi connectivity index (χ1v) is 9.20. The Morgan fingerprint density at radius 3 is 2.58 bits per heavy atom. The number of nitrogens with one attached hydrogen (secondary N) is 1. The third-order valence-corrected chi connectivity index (χ3v) is 7.20. The number of benzene rings is 1. The summed E-state index contributed by atoms with van der Waals surface area (Å²) < 4.78 is 47.4. The Labute approximate surface area is 151 Å². The van der Waals surface area contributed by atoms with Gasteiger partial charge >= 0.3 is 0 Å². The molecule has 0 radical (unpaired) electrons. The summed E-state index contributed by atoms with van der Waals surface area (Å²) in [6.07, 6.45) is 1.95. The smallest absolute Gasteiger partial charge is 0.217 e. The van der Waals surface area contributed by atoms with Crippen molar-refractivity contribution < 1.29 is 22.7 Å². The van der Waals surface area contributed by atoms with E-state index in [0.29, 0.717) is 18.6 Å². The molecule has 1 heterocycles. The fourth-order valence-corrected chi connectivity index (χ4v) is 6.05. The van der Waals surface area contributed by atoms with E-state index < -0.39 is 23.6 Å². The van der Waals surface area contributed by atoms with Gasteiger partial charge in [-0.15, -0.1) is 0 Å². The number of halogens is 3. The van der Waals surface area contributed by atoms with E-state index in [1.54, 1.807) is 0 Å². The Morgan fingerprint density at radius 2 is 1.88 bits per heavy atom. The average molecular weight is 367 g/mol. The van der Waals surface area contributed by atoms with E-state index >= 15 is 0 Å². The first-order valence-electron chi connectivity index (χ1n) is 9.20. The van der Waals surface area contributed by atoms with E-state index in [9.17, 15) is 18.0 Å². The van der Waals surface area contributed by atoms with Crippen molar-refractivity contribution in [2.75, 3.05) is 6.61 Å². The number of fused-ring (bicyclic) bond motifs is 1. The highest BCUT2D eigenvalue weighted by Gasteiger charge is 2.68. The van der Waals surface area contributed by atoms with E-state index in [0.717, 1.165) is 25.3 Å². The largest absolute Gasteiger partial charge is 0.373 e. The highest BCUT2D eigenvalue weighted by molar-refractivity contribution is 5.73. The van der Waals surface area contributed by atoms with Gasteiger partial charge in [0.05, 0.1) is 6.10 Å². The summed E-state index contributed by atoms with van der Waals surface area (Å²) >= 11 is 0.